The van der Waals surface area contributed by atoms with Crippen LogP contribution < -0.4 is 4.74 Å². The maximum Gasteiger partial charge on any atom is 0.270 e. The number of nitrogens with one attached hydrogen (secondary N) is 1. The zero-order valence-electron chi connectivity index (χ0n) is 17.8. The van der Waals surface area contributed by atoms with E-state index in [4.69, 9.17) is 4.74 Å². The maximum absolute atomic E-state index is 13.3. The summed E-state index contributed by atoms with van der Waals surface area (Å²) in [4.78, 5) is 19.8. The number of nitrogens with zero attached hydrogens (tertiary/aromatic N) is 2. The van der Waals surface area contributed by atoms with E-state index in [9.17, 15) is 13.6 Å². The molecule has 2 aromatic rings. The van der Waals surface area contributed by atoms with E-state index >= 15 is 0 Å². The predicted octanol–water partition coefficient (Wildman–Crippen LogP) is 4.68. The molecule has 0 radical (unpaired) electrons. The Labute approximate surface area is 176 Å². The van der Waals surface area contributed by atoms with Gasteiger partial charge in [0, 0.05) is 55.5 Å². The van der Waals surface area contributed by atoms with E-state index in [1.54, 1.807) is 6.07 Å². The molecule has 0 bridgehead atoms. The van der Waals surface area contributed by atoms with Crippen molar-refractivity contribution >= 4 is 16.8 Å². The van der Waals surface area contributed by atoms with Crippen LogP contribution in [-0.4, -0.2) is 64.9 Å². The third-order valence-electron chi connectivity index (χ3n) is 6.57. The summed E-state index contributed by atoms with van der Waals surface area (Å²) in [5.74, 6) is -2.10. The molecule has 2 atom stereocenters. The fraction of sp³-hybridized carbons (Fsp3) is 0.609. The SMILES string of the molecule is CC1CCC(C)N1CCCOc1ccc2[nH]c(C(=O)N3CCC(F)(F)CC3)cc2c1. The molecule has 164 valence electrons. The first-order chi connectivity index (χ1) is 14.3. The Morgan fingerprint density at radius 1 is 1.17 bits per heavy atom. The number of benzene rings is 1. The summed E-state index contributed by atoms with van der Waals surface area (Å²) < 4.78 is 32.6. The minimum atomic E-state index is -2.66. The largest absolute Gasteiger partial charge is 0.494 e. The lowest BCUT2D eigenvalue weighted by Crippen LogP contribution is -2.42. The topological polar surface area (TPSA) is 48.6 Å². The molecule has 0 spiro atoms. The lowest BCUT2D eigenvalue weighted by atomic mass is 10.1. The summed E-state index contributed by atoms with van der Waals surface area (Å²) in [6, 6.07) is 8.81. The van der Waals surface area contributed by atoms with E-state index in [0.717, 1.165) is 29.6 Å². The van der Waals surface area contributed by atoms with Crippen molar-refractivity contribution in [2.45, 2.75) is 64.0 Å². The molecule has 4 rings (SSSR count). The van der Waals surface area contributed by atoms with Gasteiger partial charge in [0.25, 0.3) is 11.8 Å². The number of H-pyrrole nitrogens is 1. The van der Waals surface area contributed by atoms with Crippen molar-refractivity contribution in [3.8, 4) is 5.75 Å². The Bertz CT molecular complexity index is 878. The van der Waals surface area contributed by atoms with Crippen molar-refractivity contribution in [2.75, 3.05) is 26.2 Å². The summed E-state index contributed by atoms with van der Waals surface area (Å²) in [6.07, 6.45) is 2.97. The molecule has 1 amide bonds. The van der Waals surface area contributed by atoms with E-state index in [2.05, 4.69) is 23.7 Å². The Hall–Kier alpha value is -2.15. The second-order valence-corrected chi connectivity index (χ2v) is 8.80. The average molecular weight is 420 g/mol. The quantitative estimate of drug-likeness (QED) is 0.692. The number of hydrogen-bond acceptors (Lipinski definition) is 3. The van der Waals surface area contributed by atoms with Crippen LogP contribution in [0.3, 0.4) is 0 Å². The van der Waals surface area contributed by atoms with E-state index in [1.165, 1.54) is 17.7 Å². The molecule has 30 heavy (non-hydrogen) atoms. The molecule has 2 unspecified atom stereocenters. The molecule has 0 aliphatic carbocycles. The second-order valence-electron chi connectivity index (χ2n) is 8.80. The van der Waals surface area contributed by atoms with Crippen molar-refractivity contribution in [1.29, 1.82) is 0 Å². The van der Waals surface area contributed by atoms with Gasteiger partial charge < -0.3 is 14.6 Å². The zero-order valence-corrected chi connectivity index (χ0v) is 17.8. The van der Waals surface area contributed by atoms with E-state index in [0.29, 0.717) is 24.4 Å². The Kier molecular flexibility index (Phi) is 6.00. The molecule has 0 saturated carbocycles. The molecular formula is C23H31F2N3O2. The molecule has 5 nitrogen and oxygen atoms in total. The van der Waals surface area contributed by atoms with Crippen LogP contribution in [0.2, 0.25) is 0 Å². The van der Waals surface area contributed by atoms with Gasteiger partial charge in [-0.25, -0.2) is 8.78 Å². The highest BCUT2D eigenvalue weighted by atomic mass is 19.3. The lowest BCUT2D eigenvalue weighted by Gasteiger charge is -2.31. The van der Waals surface area contributed by atoms with Crippen LogP contribution in [0.25, 0.3) is 10.9 Å². The van der Waals surface area contributed by atoms with Crippen LogP contribution in [0.15, 0.2) is 24.3 Å². The van der Waals surface area contributed by atoms with Gasteiger partial charge in [0.15, 0.2) is 0 Å². The molecule has 1 N–H and O–H groups in total. The third-order valence-corrected chi connectivity index (χ3v) is 6.57. The number of carbonyl (C=O) groups is 1. The number of ether oxygens (including phenoxy) is 1. The summed E-state index contributed by atoms with van der Waals surface area (Å²) in [6.45, 7) is 6.45. The van der Waals surface area contributed by atoms with Crippen LogP contribution in [0, 0.1) is 0 Å². The Morgan fingerprint density at radius 3 is 2.57 bits per heavy atom. The number of carbonyl (C=O) groups excluding carboxylic acids is 1. The second kappa shape index (κ2) is 8.53. The lowest BCUT2D eigenvalue weighted by molar-refractivity contribution is -0.0495. The fourth-order valence-corrected chi connectivity index (χ4v) is 4.65. The number of alkyl halides is 2. The van der Waals surface area contributed by atoms with Gasteiger partial charge in [-0.15, -0.1) is 0 Å². The van der Waals surface area contributed by atoms with Gasteiger partial charge in [-0.05, 0) is 57.4 Å². The molecular weight excluding hydrogens is 388 g/mol. The summed E-state index contributed by atoms with van der Waals surface area (Å²) in [7, 11) is 0. The highest BCUT2D eigenvalue weighted by Gasteiger charge is 2.36. The molecule has 2 fully saturated rings. The van der Waals surface area contributed by atoms with Gasteiger partial charge in [0.1, 0.15) is 11.4 Å². The molecule has 2 aliphatic heterocycles. The zero-order chi connectivity index (χ0) is 21.3. The van der Waals surface area contributed by atoms with Crippen LogP contribution in [0.4, 0.5) is 8.78 Å². The first-order valence-corrected chi connectivity index (χ1v) is 11.0. The third kappa shape index (κ3) is 4.61. The van der Waals surface area contributed by atoms with Crippen LogP contribution >= 0.6 is 0 Å². The van der Waals surface area contributed by atoms with Crippen molar-refractivity contribution in [1.82, 2.24) is 14.8 Å². The van der Waals surface area contributed by atoms with Crippen molar-refractivity contribution in [3.05, 3.63) is 30.0 Å². The average Bonchev–Trinajstić information content (AvgIpc) is 3.28. The number of likely N-dealkylation sites (tertiary alicyclic amines) is 2. The van der Waals surface area contributed by atoms with E-state index in [1.807, 2.05) is 18.2 Å². The maximum atomic E-state index is 13.3. The number of amides is 1. The number of halogens is 2. The van der Waals surface area contributed by atoms with Crippen LogP contribution in [-0.2, 0) is 0 Å². The minimum Gasteiger partial charge on any atom is -0.494 e. The number of fused-ring (bicyclic) bond motifs is 1. The fourth-order valence-electron chi connectivity index (χ4n) is 4.65. The van der Waals surface area contributed by atoms with Crippen LogP contribution in [0.5, 0.6) is 5.75 Å². The van der Waals surface area contributed by atoms with Gasteiger partial charge in [0.2, 0.25) is 0 Å². The minimum absolute atomic E-state index is 0.0871. The van der Waals surface area contributed by atoms with Gasteiger partial charge in [0.05, 0.1) is 6.61 Å². The highest BCUT2D eigenvalue weighted by Crippen LogP contribution is 2.29. The molecule has 2 saturated heterocycles. The summed E-state index contributed by atoms with van der Waals surface area (Å²) >= 11 is 0. The van der Waals surface area contributed by atoms with Crippen molar-refractivity contribution in [2.24, 2.45) is 0 Å². The van der Waals surface area contributed by atoms with Crippen molar-refractivity contribution < 1.29 is 18.3 Å². The first-order valence-electron chi connectivity index (χ1n) is 11.0. The monoisotopic (exact) mass is 419 g/mol. The van der Waals surface area contributed by atoms with Gasteiger partial charge in [-0.3, -0.25) is 9.69 Å². The number of aromatic amines is 1. The molecule has 2 aliphatic rings. The summed E-state index contributed by atoms with van der Waals surface area (Å²) in [5, 5.41) is 0.889. The van der Waals surface area contributed by atoms with E-state index in [-0.39, 0.29) is 31.8 Å². The Balaban J connectivity index is 1.33. The molecule has 1 aromatic carbocycles. The van der Waals surface area contributed by atoms with E-state index < -0.39 is 5.92 Å². The first kappa shape index (κ1) is 21.1. The van der Waals surface area contributed by atoms with Crippen molar-refractivity contribution in [3.63, 3.8) is 0 Å². The standard InChI is InChI=1S/C23H31F2N3O2/c1-16-4-5-17(2)28(16)10-3-13-30-19-6-7-20-18(14-19)15-21(26-20)22(29)27-11-8-23(24,25)9-12-27/h6-7,14-17,26H,3-5,8-13H2,1-2H3. The van der Waals surface area contributed by atoms with Gasteiger partial charge in [-0.1, -0.05) is 0 Å². The van der Waals surface area contributed by atoms with Gasteiger partial charge in [-0.2, -0.15) is 0 Å². The number of aromatic nitrogens is 1. The number of piperidine rings is 1. The predicted molar refractivity (Wildman–Crippen MR) is 113 cm³/mol. The molecule has 3 heterocycles. The normalized spacial score (nSPS) is 24.5. The van der Waals surface area contributed by atoms with Gasteiger partial charge >= 0.3 is 0 Å². The highest BCUT2D eigenvalue weighted by molar-refractivity contribution is 5.98. The molecule has 1 aromatic heterocycles. The number of rotatable bonds is 6. The van der Waals surface area contributed by atoms with Crippen LogP contribution in [0.1, 0.15) is 56.4 Å². The summed E-state index contributed by atoms with van der Waals surface area (Å²) in [5.41, 5.74) is 1.28. The smallest absolute Gasteiger partial charge is 0.270 e. The Morgan fingerprint density at radius 2 is 1.87 bits per heavy atom. The number of hydrogen-bond donors (Lipinski definition) is 1. The molecule has 7 heteroatoms.